The van der Waals surface area contributed by atoms with Crippen LogP contribution in [0.25, 0.3) is 0 Å². The zero-order valence-electron chi connectivity index (χ0n) is 17.5. The first-order valence-electron chi connectivity index (χ1n) is 11.2. The lowest BCUT2D eigenvalue weighted by Gasteiger charge is -2.59. The summed E-state index contributed by atoms with van der Waals surface area (Å²) in [5.74, 6) is 3.19. The van der Waals surface area contributed by atoms with Gasteiger partial charge in [-0.1, -0.05) is 0 Å². The molecule has 2 aliphatic heterocycles. The molecule has 1 spiro atoms. The predicted molar refractivity (Wildman–Crippen MR) is 113 cm³/mol. The maximum atomic E-state index is 12.9. The van der Waals surface area contributed by atoms with Crippen molar-refractivity contribution in [2.24, 2.45) is 5.41 Å². The quantitative estimate of drug-likeness (QED) is 0.811. The van der Waals surface area contributed by atoms with Crippen molar-refractivity contribution < 1.29 is 4.79 Å². The summed E-state index contributed by atoms with van der Waals surface area (Å²) in [6, 6.07) is 0.228. The Hall–Kier alpha value is -2.00. The molecule has 0 atom stereocenters. The number of urea groups is 1. The SMILES string of the molecule is Cc1ncsc1CN1CCN(C(=O)N2CC3(CC(c4n[nH]c(C5CC5)n4)C3)C2)CC1. The predicted octanol–water partition coefficient (Wildman–Crippen LogP) is 2.56. The minimum atomic E-state index is 0.228. The van der Waals surface area contributed by atoms with Gasteiger partial charge in [0.2, 0.25) is 0 Å². The van der Waals surface area contributed by atoms with Crippen LogP contribution >= 0.6 is 11.3 Å². The third kappa shape index (κ3) is 3.32. The molecular weight excluding hydrogens is 398 g/mol. The molecule has 2 saturated heterocycles. The Morgan fingerprint density at radius 1 is 1.17 bits per heavy atom. The van der Waals surface area contributed by atoms with Crippen LogP contribution in [-0.4, -0.2) is 80.2 Å². The number of carbonyl (C=O) groups excluding carboxylic acids is 1. The molecule has 4 aliphatic rings. The van der Waals surface area contributed by atoms with Crippen LogP contribution in [0.2, 0.25) is 0 Å². The van der Waals surface area contributed by atoms with E-state index in [1.807, 2.05) is 15.3 Å². The lowest BCUT2D eigenvalue weighted by Crippen LogP contribution is -2.66. The summed E-state index contributed by atoms with van der Waals surface area (Å²) in [5, 5.41) is 7.59. The zero-order valence-corrected chi connectivity index (χ0v) is 18.3. The maximum absolute atomic E-state index is 12.9. The summed E-state index contributed by atoms with van der Waals surface area (Å²) < 4.78 is 0. The highest BCUT2D eigenvalue weighted by Crippen LogP contribution is 2.55. The first-order chi connectivity index (χ1) is 14.6. The molecule has 2 aromatic heterocycles. The van der Waals surface area contributed by atoms with E-state index >= 15 is 0 Å². The molecule has 0 radical (unpaired) electrons. The minimum Gasteiger partial charge on any atom is -0.323 e. The van der Waals surface area contributed by atoms with E-state index in [4.69, 9.17) is 4.98 Å². The van der Waals surface area contributed by atoms with E-state index in [2.05, 4.69) is 27.0 Å². The number of likely N-dealkylation sites (tertiary alicyclic amines) is 1. The van der Waals surface area contributed by atoms with Gasteiger partial charge in [0.05, 0.1) is 11.2 Å². The summed E-state index contributed by atoms with van der Waals surface area (Å²) in [4.78, 5) is 29.8. The van der Waals surface area contributed by atoms with Crippen LogP contribution in [0, 0.1) is 12.3 Å². The van der Waals surface area contributed by atoms with Crippen LogP contribution < -0.4 is 0 Å². The Labute approximate surface area is 180 Å². The number of thiazole rings is 1. The second-order valence-corrected chi connectivity index (χ2v) is 10.7. The van der Waals surface area contributed by atoms with Crippen LogP contribution in [0.5, 0.6) is 0 Å². The van der Waals surface area contributed by atoms with Crippen molar-refractivity contribution in [2.75, 3.05) is 39.3 Å². The van der Waals surface area contributed by atoms with Crippen LogP contribution in [0.1, 0.15) is 59.7 Å². The molecule has 4 fully saturated rings. The molecule has 160 valence electrons. The molecule has 2 aliphatic carbocycles. The molecule has 4 heterocycles. The van der Waals surface area contributed by atoms with Gasteiger partial charge in [0, 0.05) is 67.9 Å². The van der Waals surface area contributed by atoms with Gasteiger partial charge in [-0.2, -0.15) is 5.10 Å². The van der Waals surface area contributed by atoms with Crippen molar-refractivity contribution in [3.63, 3.8) is 0 Å². The molecule has 0 unspecified atom stereocenters. The Morgan fingerprint density at radius 2 is 1.93 bits per heavy atom. The minimum absolute atomic E-state index is 0.228. The number of amides is 2. The topological polar surface area (TPSA) is 81.3 Å². The number of nitrogens with one attached hydrogen (secondary N) is 1. The average Bonchev–Trinajstić information content (AvgIpc) is 3.29. The number of nitrogens with zero attached hydrogens (tertiary/aromatic N) is 6. The van der Waals surface area contributed by atoms with Crippen molar-refractivity contribution in [1.29, 1.82) is 0 Å². The summed E-state index contributed by atoms with van der Waals surface area (Å²) in [7, 11) is 0. The number of aromatic amines is 1. The fourth-order valence-corrected chi connectivity index (χ4v) is 6.13. The van der Waals surface area contributed by atoms with Crippen LogP contribution in [-0.2, 0) is 6.54 Å². The second kappa shape index (κ2) is 7.02. The van der Waals surface area contributed by atoms with Gasteiger partial charge in [0.25, 0.3) is 0 Å². The van der Waals surface area contributed by atoms with E-state index in [0.29, 0.717) is 17.3 Å². The number of carbonyl (C=O) groups is 1. The van der Waals surface area contributed by atoms with Gasteiger partial charge in [-0.05, 0) is 32.6 Å². The summed E-state index contributed by atoms with van der Waals surface area (Å²) in [5.41, 5.74) is 3.38. The number of hydrogen-bond acceptors (Lipinski definition) is 6. The summed E-state index contributed by atoms with van der Waals surface area (Å²) in [6.45, 7) is 8.37. The fourth-order valence-electron chi connectivity index (χ4n) is 5.31. The van der Waals surface area contributed by atoms with Crippen LogP contribution in [0.4, 0.5) is 4.79 Å². The van der Waals surface area contributed by atoms with Crippen molar-refractivity contribution in [2.45, 2.75) is 51.0 Å². The van der Waals surface area contributed by atoms with Gasteiger partial charge in [-0.3, -0.25) is 10.00 Å². The third-order valence-electron chi connectivity index (χ3n) is 7.39. The number of aromatic nitrogens is 4. The first kappa shape index (κ1) is 18.7. The second-order valence-electron chi connectivity index (χ2n) is 9.72. The van der Waals surface area contributed by atoms with E-state index in [1.54, 1.807) is 11.3 Å². The molecule has 8 nitrogen and oxygen atoms in total. The van der Waals surface area contributed by atoms with E-state index in [-0.39, 0.29) is 6.03 Å². The van der Waals surface area contributed by atoms with Crippen molar-refractivity contribution in [1.82, 2.24) is 34.9 Å². The highest BCUT2D eigenvalue weighted by atomic mass is 32.1. The monoisotopic (exact) mass is 427 g/mol. The first-order valence-corrected chi connectivity index (χ1v) is 12.0. The lowest BCUT2D eigenvalue weighted by molar-refractivity contribution is -0.0581. The average molecular weight is 428 g/mol. The Balaban J connectivity index is 0.959. The Bertz CT molecular complexity index is 929. The van der Waals surface area contributed by atoms with E-state index < -0.39 is 0 Å². The van der Waals surface area contributed by atoms with Gasteiger partial charge in [0.1, 0.15) is 5.82 Å². The molecule has 2 amide bonds. The molecule has 0 bridgehead atoms. The number of H-pyrrole nitrogens is 1. The summed E-state index contributed by atoms with van der Waals surface area (Å²) in [6.07, 6.45) is 4.75. The smallest absolute Gasteiger partial charge is 0.320 e. The molecule has 1 N–H and O–H groups in total. The molecule has 2 aromatic rings. The van der Waals surface area contributed by atoms with E-state index in [9.17, 15) is 4.79 Å². The van der Waals surface area contributed by atoms with E-state index in [1.165, 1.54) is 17.7 Å². The molecule has 2 saturated carbocycles. The Morgan fingerprint density at radius 3 is 2.60 bits per heavy atom. The number of hydrogen-bond donors (Lipinski definition) is 1. The normalized spacial score (nSPS) is 24.2. The molecule has 30 heavy (non-hydrogen) atoms. The van der Waals surface area contributed by atoms with Gasteiger partial charge >= 0.3 is 6.03 Å². The maximum Gasteiger partial charge on any atom is 0.320 e. The summed E-state index contributed by atoms with van der Waals surface area (Å²) >= 11 is 1.73. The van der Waals surface area contributed by atoms with Gasteiger partial charge < -0.3 is 9.80 Å². The Kier molecular flexibility index (Phi) is 4.38. The van der Waals surface area contributed by atoms with Crippen LogP contribution in [0.3, 0.4) is 0 Å². The third-order valence-corrected chi connectivity index (χ3v) is 8.31. The molecule has 9 heteroatoms. The molecule has 6 rings (SSSR count). The number of piperazine rings is 1. The van der Waals surface area contributed by atoms with Crippen molar-refractivity contribution in [3.8, 4) is 0 Å². The standard InChI is InChI=1S/C21H29N7OS/c1-14-17(30-13-22-14)10-26-4-6-27(7-5-26)20(29)28-11-21(12-28)8-16(9-21)19-23-18(24-25-19)15-2-3-15/h13,15-16H,2-12H2,1H3,(H,23,24,25). The van der Waals surface area contributed by atoms with Crippen molar-refractivity contribution >= 4 is 17.4 Å². The lowest BCUT2D eigenvalue weighted by atomic mass is 9.57. The van der Waals surface area contributed by atoms with Crippen LogP contribution in [0.15, 0.2) is 5.51 Å². The van der Waals surface area contributed by atoms with Gasteiger partial charge in [-0.15, -0.1) is 11.3 Å². The molecule has 0 aromatic carbocycles. The van der Waals surface area contributed by atoms with E-state index in [0.717, 1.165) is 76.0 Å². The highest BCUT2D eigenvalue weighted by molar-refractivity contribution is 7.09. The largest absolute Gasteiger partial charge is 0.323 e. The molecular formula is C21H29N7OS. The van der Waals surface area contributed by atoms with Gasteiger partial charge in [-0.25, -0.2) is 14.8 Å². The zero-order chi connectivity index (χ0) is 20.3. The number of rotatable bonds is 4. The van der Waals surface area contributed by atoms with Crippen molar-refractivity contribution in [3.05, 3.63) is 27.7 Å². The number of aryl methyl sites for hydroxylation is 1. The highest BCUT2D eigenvalue weighted by Gasteiger charge is 2.55. The van der Waals surface area contributed by atoms with Gasteiger partial charge in [0.15, 0.2) is 5.82 Å². The fraction of sp³-hybridized carbons (Fsp3) is 0.714.